The maximum Gasteiger partial charge on any atom is 0.308 e. The van der Waals surface area contributed by atoms with Crippen LogP contribution in [0.3, 0.4) is 0 Å². The van der Waals surface area contributed by atoms with Crippen LogP contribution >= 0.6 is 0 Å². The van der Waals surface area contributed by atoms with E-state index in [1.54, 1.807) is 0 Å². The number of nitrogens with zero attached hydrogens (tertiary/aromatic N) is 3. The minimum absolute atomic E-state index is 0.0260. The number of amides is 2. The van der Waals surface area contributed by atoms with Gasteiger partial charge in [-0.3, -0.25) is 19.3 Å². The average molecular weight is 529 g/mol. The van der Waals surface area contributed by atoms with Crippen molar-refractivity contribution in [2.24, 2.45) is 11.7 Å². The van der Waals surface area contributed by atoms with Crippen LogP contribution in [0.25, 0.3) is 0 Å². The number of carbonyl (C=O) groups is 3. The SMILES string of the molecule is CCCCN(CCCN)C(=O)CN1CC(c2ccc3c(c2)CCO3)C(C(=O)O)C1CCN1CCCCC1=O. The summed E-state index contributed by atoms with van der Waals surface area (Å²) in [5.74, 6) is -0.693. The molecular formula is C29H44N4O5. The largest absolute Gasteiger partial charge is 0.493 e. The van der Waals surface area contributed by atoms with Crippen molar-refractivity contribution in [3.8, 4) is 5.75 Å². The van der Waals surface area contributed by atoms with Gasteiger partial charge in [0.25, 0.3) is 0 Å². The number of hydrogen-bond donors (Lipinski definition) is 2. The number of fused-ring (bicyclic) bond motifs is 1. The number of carboxylic acids is 1. The van der Waals surface area contributed by atoms with Gasteiger partial charge in [0.2, 0.25) is 11.8 Å². The molecule has 9 nitrogen and oxygen atoms in total. The molecule has 3 N–H and O–H groups in total. The molecule has 0 radical (unpaired) electrons. The zero-order chi connectivity index (χ0) is 27.1. The molecule has 2 amide bonds. The van der Waals surface area contributed by atoms with Crippen LogP contribution in [0.4, 0.5) is 0 Å². The molecule has 3 aliphatic rings. The lowest BCUT2D eigenvalue weighted by Crippen LogP contribution is -2.46. The molecular weight excluding hydrogens is 484 g/mol. The molecule has 0 saturated carbocycles. The number of piperidine rings is 1. The Bertz CT molecular complexity index is 978. The summed E-state index contributed by atoms with van der Waals surface area (Å²) in [5.41, 5.74) is 7.83. The molecule has 1 aromatic carbocycles. The number of ether oxygens (including phenoxy) is 1. The fraction of sp³-hybridized carbons (Fsp3) is 0.690. The van der Waals surface area contributed by atoms with E-state index >= 15 is 0 Å². The second-order valence-corrected chi connectivity index (χ2v) is 10.9. The van der Waals surface area contributed by atoms with Crippen molar-refractivity contribution in [1.82, 2.24) is 14.7 Å². The van der Waals surface area contributed by atoms with E-state index in [-0.39, 0.29) is 30.3 Å². The van der Waals surface area contributed by atoms with Gasteiger partial charge >= 0.3 is 5.97 Å². The lowest BCUT2D eigenvalue weighted by molar-refractivity contribution is -0.144. The van der Waals surface area contributed by atoms with E-state index in [0.717, 1.165) is 61.9 Å². The number of unbranched alkanes of at least 4 members (excludes halogenated alkanes) is 1. The number of benzene rings is 1. The van der Waals surface area contributed by atoms with Gasteiger partial charge in [0.1, 0.15) is 5.75 Å². The van der Waals surface area contributed by atoms with E-state index < -0.39 is 11.9 Å². The molecule has 4 rings (SSSR count). The Hall–Kier alpha value is -2.65. The van der Waals surface area contributed by atoms with Crippen LogP contribution in [0.2, 0.25) is 0 Å². The summed E-state index contributed by atoms with van der Waals surface area (Å²) in [7, 11) is 0. The highest BCUT2D eigenvalue weighted by atomic mass is 16.5. The third kappa shape index (κ3) is 6.67. The van der Waals surface area contributed by atoms with Gasteiger partial charge in [0.05, 0.1) is 19.1 Å². The third-order valence-electron chi connectivity index (χ3n) is 8.40. The molecule has 3 atom stereocenters. The Morgan fingerprint density at radius 2 is 2.00 bits per heavy atom. The molecule has 2 saturated heterocycles. The van der Waals surface area contributed by atoms with Crippen molar-refractivity contribution >= 4 is 17.8 Å². The number of likely N-dealkylation sites (tertiary alicyclic amines) is 2. The van der Waals surface area contributed by atoms with Crippen molar-refractivity contribution in [3.05, 3.63) is 29.3 Å². The van der Waals surface area contributed by atoms with Crippen molar-refractivity contribution < 1.29 is 24.2 Å². The summed E-state index contributed by atoms with van der Waals surface area (Å²) in [6.45, 7) is 6.51. The summed E-state index contributed by atoms with van der Waals surface area (Å²) in [4.78, 5) is 44.6. The predicted molar refractivity (Wildman–Crippen MR) is 145 cm³/mol. The predicted octanol–water partition coefficient (Wildman–Crippen LogP) is 2.47. The minimum atomic E-state index is -0.845. The zero-order valence-corrected chi connectivity index (χ0v) is 22.8. The lowest BCUT2D eigenvalue weighted by Gasteiger charge is -2.32. The normalized spacial score (nSPS) is 23.4. The molecule has 3 aliphatic heterocycles. The number of aliphatic carboxylic acids is 1. The van der Waals surface area contributed by atoms with Crippen molar-refractivity contribution in [1.29, 1.82) is 0 Å². The molecule has 0 bridgehead atoms. The van der Waals surface area contributed by atoms with Gasteiger partial charge in [-0.05, 0) is 55.8 Å². The molecule has 3 unspecified atom stereocenters. The van der Waals surface area contributed by atoms with E-state index in [4.69, 9.17) is 10.5 Å². The van der Waals surface area contributed by atoms with Crippen LogP contribution in [0, 0.1) is 5.92 Å². The summed E-state index contributed by atoms with van der Waals surface area (Å²) < 4.78 is 5.67. The van der Waals surface area contributed by atoms with Crippen LogP contribution in [0.5, 0.6) is 5.75 Å². The molecule has 210 valence electrons. The monoisotopic (exact) mass is 528 g/mol. The van der Waals surface area contributed by atoms with E-state index in [9.17, 15) is 19.5 Å². The molecule has 38 heavy (non-hydrogen) atoms. The zero-order valence-electron chi connectivity index (χ0n) is 22.8. The Morgan fingerprint density at radius 1 is 1.18 bits per heavy atom. The van der Waals surface area contributed by atoms with Crippen LogP contribution < -0.4 is 10.5 Å². The number of carbonyl (C=O) groups excluding carboxylic acids is 2. The van der Waals surface area contributed by atoms with E-state index in [2.05, 4.69) is 17.9 Å². The second kappa shape index (κ2) is 13.4. The first-order valence-corrected chi connectivity index (χ1v) is 14.4. The van der Waals surface area contributed by atoms with E-state index in [1.165, 1.54) is 0 Å². The van der Waals surface area contributed by atoms with Crippen LogP contribution in [-0.2, 0) is 20.8 Å². The highest BCUT2D eigenvalue weighted by Gasteiger charge is 2.47. The first-order valence-electron chi connectivity index (χ1n) is 14.4. The van der Waals surface area contributed by atoms with Crippen LogP contribution in [0.15, 0.2) is 18.2 Å². The fourth-order valence-corrected chi connectivity index (χ4v) is 6.28. The Labute approximate surface area is 226 Å². The molecule has 0 aromatic heterocycles. The molecule has 1 aromatic rings. The van der Waals surface area contributed by atoms with Crippen molar-refractivity contribution in [3.63, 3.8) is 0 Å². The number of nitrogens with two attached hydrogens (primary N) is 1. The van der Waals surface area contributed by atoms with E-state index in [0.29, 0.717) is 52.2 Å². The minimum Gasteiger partial charge on any atom is -0.493 e. The number of carboxylic acid groups (broad SMARTS) is 1. The number of hydrogen-bond acceptors (Lipinski definition) is 6. The summed E-state index contributed by atoms with van der Waals surface area (Å²) in [6, 6.07) is 5.69. The van der Waals surface area contributed by atoms with Crippen LogP contribution in [-0.4, -0.2) is 96.1 Å². The Morgan fingerprint density at radius 3 is 2.74 bits per heavy atom. The van der Waals surface area contributed by atoms with Gasteiger partial charge in [-0.25, -0.2) is 0 Å². The lowest BCUT2D eigenvalue weighted by atomic mass is 9.83. The standard InChI is InChI=1S/C29H44N4O5/c1-2-3-13-31(15-6-12-30)27(35)20-33-19-23(21-8-9-25-22(18-21)11-17-38-25)28(29(36)37)24(33)10-16-32-14-5-4-7-26(32)34/h8-9,18,23-24,28H,2-7,10-17,19-20,30H2,1H3,(H,36,37). The fourth-order valence-electron chi connectivity index (χ4n) is 6.28. The highest BCUT2D eigenvalue weighted by Crippen LogP contribution is 2.41. The smallest absolute Gasteiger partial charge is 0.308 e. The Kier molecular flexibility index (Phi) is 10.0. The van der Waals surface area contributed by atoms with Gasteiger partial charge < -0.3 is 25.4 Å². The molecule has 9 heteroatoms. The first-order chi connectivity index (χ1) is 18.4. The maximum atomic E-state index is 13.5. The number of rotatable bonds is 13. The summed E-state index contributed by atoms with van der Waals surface area (Å²) in [6.07, 6.45) is 6.48. The van der Waals surface area contributed by atoms with Gasteiger partial charge in [-0.1, -0.05) is 25.5 Å². The highest BCUT2D eigenvalue weighted by molar-refractivity contribution is 5.79. The van der Waals surface area contributed by atoms with Crippen molar-refractivity contribution in [2.75, 3.05) is 52.4 Å². The van der Waals surface area contributed by atoms with Gasteiger partial charge in [0.15, 0.2) is 0 Å². The second-order valence-electron chi connectivity index (χ2n) is 10.9. The van der Waals surface area contributed by atoms with Gasteiger partial charge in [-0.15, -0.1) is 0 Å². The molecule has 0 spiro atoms. The van der Waals surface area contributed by atoms with Gasteiger partial charge in [0, 0.05) is 57.5 Å². The maximum absolute atomic E-state index is 13.5. The first kappa shape index (κ1) is 28.4. The molecule has 2 fully saturated rings. The summed E-state index contributed by atoms with van der Waals surface area (Å²) >= 11 is 0. The third-order valence-corrected chi connectivity index (χ3v) is 8.40. The average Bonchev–Trinajstić information content (AvgIpc) is 3.52. The van der Waals surface area contributed by atoms with E-state index in [1.807, 2.05) is 21.9 Å². The molecule has 3 heterocycles. The summed E-state index contributed by atoms with van der Waals surface area (Å²) in [5, 5.41) is 10.5. The Balaban J connectivity index is 1.57. The van der Waals surface area contributed by atoms with Gasteiger partial charge in [-0.2, -0.15) is 0 Å². The van der Waals surface area contributed by atoms with Crippen molar-refractivity contribution in [2.45, 2.75) is 70.3 Å². The molecule has 0 aliphatic carbocycles. The quantitative estimate of drug-likeness (QED) is 0.404. The topological polar surface area (TPSA) is 116 Å². The van der Waals surface area contributed by atoms with Crippen LogP contribution in [0.1, 0.15) is 68.9 Å².